The molecule has 0 unspecified atom stereocenters. The predicted molar refractivity (Wildman–Crippen MR) is 49.0 cm³/mol. The fourth-order valence-electron chi connectivity index (χ4n) is 0.688. The highest BCUT2D eigenvalue weighted by atomic mass is 79.9. The Hall–Kier alpha value is -0.970. The van der Waals surface area contributed by atoms with Crippen LogP contribution in [0.3, 0.4) is 0 Å². The molecule has 0 aliphatic heterocycles. The number of carbonyl (C=O) groups is 1. The van der Waals surface area contributed by atoms with E-state index in [1.165, 1.54) is 6.92 Å². The Morgan fingerprint density at radius 2 is 2.50 bits per heavy atom. The lowest BCUT2D eigenvalue weighted by Crippen LogP contribution is -2.09. The summed E-state index contributed by atoms with van der Waals surface area (Å²) in [6.07, 6.45) is 1.61. The molecule has 0 bridgehead atoms. The first-order chi connectivity index (χ1) is 5.72. The van der Waals surface area contributed by atoms with E-state index in [9.17, 15) is 4.79 Å². The van der Waals surface area contributed by atoms with Gasteiger partial charge in [-0.05, 0) is 6.07 Å². The molecule has 1 aromatic rings. The third-order valence-corrected chi connectivity index (χ3v) is 1.71. The third-order valence-electron chi connectivity index (χ3n) is 1.14. The minimum atomic E-state index is -0.165. The summed E-state index contributed by atoms with van der Waals surface area (Å²) < 4.78 is 0. The first kappa shape index (κ1) is 9.12. The molecule has 0 spiro atoms. The molecule has 0 aromatic carbocycles. The smallest absolute Gasteiger partial charge is 0.229 e. The summed E-state index contributed by atoms with van der Waals surface area (Å²) in [5.41, 5.74) is 0.841. The fourth-order valence-corrected chi connectivity index (χ4v) is 1.00. The number of nitrogens with zero attached hydrogens (tertiary/aromatic N) is 2. The van der Waals surface area contributed by atoms with Gasteiger partial charge >= 0.3 is 0 Å². The minimum absolute atomic E-state index is 0.165. The van der Waals surface area contributed by atoms with E-state index in [-0.39, 0.29) is 5.91 Å². The molecule has 0 saturated heterocycles. The quantitative estimate of drug-likeness (QED) is 0.779. The van der Waals surface area contributed by atoms with E-state index in [2.05, 4.69) is 31.2 Å². The van der Waals surface area contributed by atoms with Crippen molar-refractivity contribution < 1.29 is 4.79 Å². The molecule has 1 aromatic heterocycles. The second-order valence-electron chi connectivity index (χ2n) is 2.19. The molecular weight excluding hydrogens is 222 g/mol. The van der Waals surface area contributed by atoms with E-state index in [0.29, 0.717) is 11.3 Å². The molecule has 12 heavy (non-hydrogen) atoms. The maximum atomic E-state index is 10.6. The van der Waals surface area contributed by atoms with Crippen molar-refractivity contribution in [3.05, 3.63) is 18.0 Å². The van der Waals surface area contributed by atoms with E-state index in [1.807, 2.05) is 0 Å². The average Bonchev–Trinajstić information content (AvgIpc) is 2.03. The Morgan fingerprint density at radius 3 is 3.08 bits per heavy atom. The van der Waals surface area contributed by atoms with Crippen LogP contribution in [0, 0.1) is 0 Å². The van der Waals surface area contributed by atoms with Crippen molar-refractivity contribution >= 4 is 27.8 Å². The summed E-state index contributed by atoms with van der Waals surface area (Å²) in [6.45, 7) is 1.42. The highest BCUT2D eigenvalue weighted by molar-refractivity contribution is 9.08. The van der Waals surface area contributed by atoms with E-state index in [0.717, 1.165) is 5.69 Å². The maximum Gasteiger partial charge on any atom is 0.229 e. The number of hydrogen-bond donors (Lipinski definition) is 1. The number of aromatic nitrogens is 2. The lowest BCUT2D eigenvalue weighted by molar-refractivity contribution is -0.114. The molecule has 1 rings (SSSR count). The van der Waals surface area contributed by atoms with Crippen LogP contribution in [0.15, 0.2) is 12.3 Å². The van der Waals surface area contributed by atoms with Gasteiger partial charge in [0.1, 0.15) is 0 Å². The van der Waals surface area contributed by atoms with E-state index < -0.39 is 0 Å². The predicted octanol–water partition coefficient (Wildman–Crippen LogP) is 1.33. The minimum Gasteiger partial charge on any atom is -0.295 e. The summed E-state index contributed by atoms with van der Waals surface area (Å²) in [5, 5.41) is 3.15. The summed E-state index contributed by atoms with van der Waals surface area (Å²) in [6, 6.07) is 1.78. The van der Waals surface area contributed by atoms with Crippen molar-refractivity contribution in [2.75, 3.05) is 5.32 Å². The summed E-state index contributed by atoms with van der Waals surface area (Å²) in [7, 11) is 0. The second-order valence-corrected chi connectivity index (χ2v) is 2.75. The molecule has 0 radical (unpaired) electrons. The molecular formula is C7H8BrN3O. The van der Waals surface area contributed by atoms with Gasteiger partial charge in [-0.15, -0.1) is 0 Å². The van der Waals surface area contributed by atoms with Gasteiger partial charge in [0.25, 0.3) is 0 Å². The van der Waals surface area contributed by atoms with E-state index in [4.69, 9.17) is 0 Å². The van der Waals surface area contributed by atoms with Gasteiger partial charge in [-0.25, -0.2) is 9.97 Å². The van der Waals surface area contributed by atoms with Gasteiger partial charge in [-0.1, -0.05) is 15.9 Å². The first-order valence-electron chi connectivity index (χ1n) is 3.38. The SMILES string of the molecule is CC(=O)Nc1nccc(CBr)n1. The lowest BCUT2D eigenvalue weighted by atomic mass is 10.5. The van der Waals surface area contributed by atoms with Crippen LogP contribution in [-0.4, -0.2) is 15.9 Å². The van der Waals surface area contributed by atoms with Crippen molar-refractivity contribution in [1.29, 1.82) is 0 Å². The van der Waals surface area contributed by atoms with Crippen molar-refractivity contribution in [2.45, 2.75) is 12.3 Å². The number of nitrogens with one attached hydrogen (secondary N) is 1. The second kappa shape index (κ2) is 4.15. The van der Waals surface area contributed by atoms with E-state index in [1.54, 1.807) is 12.3 Å². The molecule has 1 amide bonds. The van der Waals surface area contributed by atoms with Crippen molar-refractivity contribution in [1.82, 2.24) is 9.97 Å². The van der Waals surface area contributed by atoms with Gasteiger partial charge < -0.3 is 0 Å². The highest BCUT2D eigenvalue weighted by Crippen LogP contribution is 2.03. The molecule has 0 aliphatic carbocycles. The van der Waals surface area contributed by atoms with Crippen molar-refractivity contribution in [3.8, 4) is 0 Å². The Balaban J connectivity index is 2.79. The number of halogens is 1. The van der Waals surface area contributed by atoms with Crippen LogP contribution in [0.5, 0.6) is 0 Å². The molecule has 0 atom stereocenters. The number of alkyl halides is 1. The van der Waals surface area contributed by atoms with Crippen molar-refractivity contribution in [3.63, 3.8) is 0 Å². The topological polar surface area (TPSA) is 54.9 Å². The van der Waals surface area contributed by atoms with Gasteiger partial charge in [0, 0.05) is 18.5 Å². The zero-order valence-electron chi connectivity index (χ0n) is 6.54. The standard InChI is InChI=1S/C7H8BrN3O/c1-5(12)10-7-9-3-2-6(4-8)11-7/h2-3H,4H2,1H3,(H,9,10,11,12). The molecule has 0 fully saturated rings. The van der Waals surface area contributed by atoms with Gasteiger partial charge in [0.2, 0.25) is 11.9 Å². The molecule has 5 heteroatoms. The summed E-state index contributed by atoms with van der Waals surface area (Å²) in [5.74, 6) is 0.182. The lowest BCUT2D eigenvalue weighted by Gasteiger charge is -2.00. The molecule has 64 valence electrons. The molecule has 0 aliphatic rings. The number of hydrogen-bond acceptors (Lipinski definition) is 3. The Bertz CT molecular complexity index is 290. The van der Waals surface area contributed by atoms with Gasteiger partial charge in [-0.3, -0.25) is 10.1 Å². The van der Waals surface area contributed by atoms with Crippen LogP contribution < -0.4 is 5.32 Å². The first-order valence-corrected chi connectivity index (χ1v) is 4.50. The zero-order chi connectivity index (χ0) is 8.97. The maximum absolute atomic E-state index is 10.6. The third kappa shape index (κ3) is 2.58. The number of rotatable bonds is 2. The van der Waals surface area contributed by atoms with Gasteiger partial charge in [-0.2, -0.15) is 0 Å². The normalized spacial score (nSPS) is 9.50. The Kier molecular flexibility index (Phi) is 3.16. The molecule has 4 nitrogen and oxygen atoms in total. The zero-order valence-corrected chi connectivity index (χ0v) is 8.13. The van der Waals surface area contributed by atoms with Crippen LogP contribution >= 0.6 is 15.9 Å². The largest absolute Gasteiger partial charge is 0.295 e. The number of amides is 1. The van der Waals surface area contributed by atoms with Gasteiger partial charge in [0.15, 0.2) is 0 Å². The molecule has 1 heterocycles. The van der Waals surface area contributed by atoms with Crippen LogP contribution in [0.25, 0.3) is 0 Å². The Morgan fingerprint density at radius 1 is 1.75 bits per heavy atom. The molecule has 1 N–H and O–H groups in total. The number of carbonyl (C=O) groups excluding carboxylic acids is 1. The van der Waals surface area contributed by atoms with Crippen LogP contribution in [0.4, 0.5) is 5.95 Å². The summed E-state index contributed by atoms with van der Waals surface area (Å²) in [4.78, 5) is 18.5. The van der Waals surface area contributed by atoms with Crippen molar-refractivity contribution in [2.24, 2.45) is 0 Å². The highest BCUT2D eigenvalue weighted by Gasteiger charge is 1.98. The van der Waals surface area contributed by atoms with Gasteiger partial charge in [0.05, 0.1) is 5.69 Å². The fraction of sp³-hybridized carbons (Fsp3) is 0.286. The average molecular weight is 230 g/mol. The van der Waals surface area contributed by atoms with Crippen LogP contribution in [0.1, 0.15) is 12.6 Å². The monoisotopic (exact) mass is 229 g/mol. The Labute approximate surface area is 78.5 Å². The van der Waals surface area contributed by atoms with Crippen LogP contribution in [-0.2, 0) is 10.1 Å². The summed E-state index contributed by atoms with van der Waals surface area (Å²) >= 11 is 3.25. The number of anilines is 1. The molecule has 0 saturated carbocycles. The van der Waals surface area contributed by atoms with Crippen LogP contribution in [0.2, 0.25) is 0 Å². The van der Waals surface area contributed by atoms with E-state index >= 15 is 0 Å².